The van der Waals surface area contributed by atoms with Crippen molar-refractivity contribution in [3.63, 3.8) is 0 Å². The van der Waals surface area contributed by atoms with Crippen LogP contribution in [0.5, 0.6) is 11.5 Å². The van der Waals surface area contributed by atoms with Crippen LogP contribution in [0.25, 0.3) is 5.70 Å². The molecule has 2 aliphatic rings. The van der Waals surface area contributed by atoms with Crippen molar-refractivity contribution in [2.24, 2.45) is 0 Å². The first kappa shape index (κ1) is 15.2. The molecule has 4 N–H and O–H groups in total. The van der Waals surface area contributed by atoms with E-state index in [0.717, 1.165) is 4.47 Å². The van der Waals surface area contributed by atoms with Gasteiger partial charge in [0.1, 0.15) is 11.5 Å². The van der Waals surface area contributed by atoms with E-state index in [1.165, 1.54) is 6.07 Å². The molecule has 0 amide bonds. The van der Waals surface area contributed by atoms with Gasteiger partial charge in [0.05, 0.1) is 22.9 Å². The number of rotatable bonds is 1. The van der Waals surface area contributed by atoms with E-state index in [-0.39, 0.29) is 22.8 Å². The maximum Gasteiger partial charge on any atom is 0.197 e. The third-order valence-corrected chi connectivity index (χ3v) is 5.09. The van der Waals surface area contributed by atoms with E-state index in [0.29, 0.717) is 27.5 Å². The van der Waals surface area contributed by atoms with Crippen LogP contribution in [0.2, 0.25) is 0 Å². The third-order valence-electron chi connectivity index (χ3n) is 4.15. The molecule has 0 bridgehead atoms. The van der Waals surface area contributed by atoms with Gasteiger partial charge >= 0.3 is 0 Å². The summed E-state index contributed by atoms with van der Waals surface area (Å²) in [4.78, 5) is 12.9. The molecule has 1 atom stereocenters. The molecule has 5 nitrogen and oxygen atoms in total. The number of hydrogen-bond acceptors (Lipinski definition) is 4. The number of nitrogens with one attached hydrogen (secondary N) is 2. The Bertz CT molecular complexity index is 955. The zero-order valence-corrected chi connectivity index (χ0v) is 14.5. The maximum atomic E-state index is 12.9. The molecule has 0 aromatic heterocycles. The molecule has 0 saturated carbocycles. The number of benzene rings is 2. The topological polar surface area (TPSA) is 81.6 Å². The summed E-state index contributed by atoms with van der Waals surface area (Å²) < 4.78 is 0.738. The molecule has 0 fully saturated rings. The lowest BCUT2D eigenvalue weighted by Gasteiger charge is -2.29. The summed E-state index contributed by atoms with van der Waals surface area (Å²) in [5.74, 6) is -0.235. The van der Waals surface area contributed by atoms with Crippen molar-refractivity contribution in [2.75, 3.05) is 0 Å². The van der Waals surface area contributed by atoms with E-state index < -0.39 is 6.04 Å². The first-order chi connectivity index (χ1) is 11.5. The molecule has 1 aliphatic carbocycles. The average Bonchev–Trinajstić information content (AvgIpc) is 2.83. The van der Waals surface area contributed by atoms with Crippen molar-refractivity contribution >= 4 is 44.7 Å². The van der Waals surface area contributed by atoms with Crippen LogP contribution in [0.1, 0.15) is 27.5 Å². The Kier molecular flexibility index (Phi) is 3.36. The number of carbonyl (C=O) groups excluding carboxylic acids is 1. The third kappa shape index (κ3) is 2.12. The van der Waals surface area contributed by atoms with Crippen molar-refractivity contribution in [3.05, 3.63) is 63.1 Å². The van der Waals surface area contributed by atoms with Crippen LogP contribution in [-0.4, -0.2) is 21.1 Å². The molecule has 0 radical (unpaired) electrons. The lowest BCUT2D eigenvalue weighted by atomic mass is 9.94. The molecule has 4 rings (SSSR count). The standard InChI is InChI=1S/C17H11BrN2O3S/c18-10-5-4-7(21)6-9(10)15-13-14(19-17(24)20-15)8-2-1-3-11(22)12(8)16(13)23/h1-6,15,21-22H,(H2,19,20,24). The van der Waals surface area contributed by atoms with Gasteiger partial charge in [0.25, 0.3) is 0 Å². The molecule has 7 heteroatoms. The highest BCUT2D eigenvalue weighted by Crippen LogP contribution is 2.44. The summed E-state index contributed by atoms with van der Waals surface area (Å²) in [5.41, 5.74) is 2.64. The second-order valence-corrected chi connectivity index (χ2v) is 6.82. The van der Waals surface area contributed by atoms with Crippen LogP contribution >= 0.6 is 28.1 Å². The molecule has 1 unspecified atom stereocenters. The van der Waals surface area contributed by atoms with E-state index >= 15 is 0 Å². The van der Waals surface area contributed by atoms with E-state index in [9.17, 15) is 15.0 Å². The number of carbonyl (C=O) groups is 1. The average molecular weight is 403 g/mol. The molecule has 1 aliphatic heterocycles. The monoisotopic (exact) mass is 402 g/mol. The second-order valence-electron chi connectivity index (χ2n) is 5.55. The minimum Gasteiger partial charge on any atom is -0.508 e. The Morgan fingerprint density at radius 3 is 2.75 bits per heavy atom. The van der Waals surface area contributed by atoms with Gasteiger partial charge in [0.2, 0.25) is 0 Å². The first-order valence-electron chi connectivity index (χ1n) is 7.14. The smallest absolute Gasteiger partial charge is 0.197 e. The molecular formula is C17H11BrN2O3S. The fraction of sp³-hybridized carbons (Fsp3) is 0.0588. The van der Waals surface area contributed by atoms with Gasteiger partial charge in [-0.1, -0.05) is 28.1 Å². The Hall–Kier alpha value is -2.38. The SMILES string of the molecule is O=C1C2=C(NC(=S)NC2c2cc(O)ccc2Br)c2cccc(O)c21. The van der Waals surface area contributed by atoms with Crippen molar-refractivity contribution in [1.82, 2.24) is 10.6 Å². The van der Waals surface area contributed by atoms with Crippen molar-refractivity contribution in [3.8, 4) is 11.5 Å². The minimum absolute atomic E-state index is 0.0617. The normalized spacial score (nSPS) is 18.8. The van der Waals surface area contributed by atoms with Crippen LogP contribution < -0.4 is 10.6 Å². The van der Waals surface area contributed by atoms with Gasteiger partial charge in [-0.15, -0.1) is 0 Å². The van der Waals surface area contributed by atoms with Crippen molar-refractivity contribution in [2.45, 2.75) is 6.04 Å². The number of halogens is 1. The number of Topliss-reactive ketones (excluding diaryl/α,β-unsaturated/α-hetero) is 1. The summed E-state index contributed by atoms with van der Waals surface area (Å²) in [6.45, 7) is 0. The molecule has 0 saturated heterocycles. The van der Waals surface area contributed by atoms with Crippen molar-refractivity contribution < 1.29 is 15.0 Å². The predicted molar refractivity (Wildman–Crippen MR) is 96.8 cm³/mol. The van der Waals surface area contributed by atoms with Crippen LogP contribution in [0, 0.1) is 0 Å². The van der Waals surface area contributed by atoms with Gasteiger partial charge < -0.3 is 20.8 Å². The zero-order chi connectivity index (χ0) is 17.0. The summed E-state index contributed by atoms with van der Waals surface area (Å²) in [6, 6.07) is 9.25. The molecule has 1 heterocycles. The lowest BCUT2D eigenvalue weighted by molar-refractivity contribution is 0.102. The Labute approximate surface area is 151 Å². The highest BCUT2D eigenvalue weighted by molar-refractivity contribution is 9.10. The van der Waals surface area contributed by atoms with Gasteiger partial charge in [-0.05, 0) is 42.0 Å². The number of fused-ring (bicyclic) bond motifs is 2. The van der Waals surface area contributed by atoms with E-state index in [1.807, 2.05) is 0 Å². The van der Waals surface area contributed by atoms with Gasteiger partial charge in [0.15, 0.2) is 10.9 Å². The van der Waals surface area contributed by atoms with Crippen LogP contribution in [0.15, 0.2) is 46.4 Å². The fourth-order valence-corrected chi connectivity index (χ4v) is 3.82. The largest absolute Gasteiger partial charge is 0.508 e. The molecule has 2 aromatic rings. The van der Waals surface area contributed by atoms with Gasteiger partial charge in [-0.3, -0.25) is 4.79 Å². The maximum absolute atomic E-state index is 12.9. The lowest BCUT2D eigenvalue weighted by Crippen LogP contribution is -2.43. The number of hydrogen-bond donors (Lipinski definition) is 4. The quantitative estimate of drug-likeness (QED) is 0.549. The van der Waals surface area contributed by atoms with Crippen LogP contribution in [0.3, 0.4) is 0 Å². The second kappa shape index (κ2) is 5.32. The highest BCUT2D eigenvalue weighted by Gasteiger charge is 2.40. The summed E-state index contributed by atoms with van der Waals surface area (Å²) in [5, 5.41) is 26.4. The predicted octanol–water partition coefficient (Wildman–Crippen LogP) is 2.99. The first-order valence-corrected chi connectivity index (χ1v) is 8.34. The molecule has 120 valence electrons. The number of thiocarbonyl (C=S) groups is 1. The number of phenolic OH excluding ortho intramolecular Hbond substituents is 2. The van der Waals surface area contributed by atoms with Crippen LogP contribution in [-0.2, 0) is 0 Å². The van der Waals surface area contributed by atoms with Gasteiger partial charge in [-0.25, -0.2) is 0 Å². The Balaban J connectivity index is 1.94. The number of aromatic hydroxyl groups is 2. The van der Waals surface area contributed by atoms with E-state index in [4.69, 9.17) is 12.2 Å². The summed E-state index contributed by atoms with van der Waals surface area (Å²) in [6.07, 6.45) is 0. The zero-order valence-electron chi connectivity index (χ0n) is 12.1. The van der Waals surface area contributed by atoms with E-state index in [2.05, 4.69) is 26.6 Å². The molecular weight excluding hydrogens is 392 g/mol. The summed E-state index contributed by atoms with van der Waals surface area (Å²) in [7, 11) is 0. The van der Waals surface area contributed by atoms with Gasteiger partial charge in [-0.2, -0.15) is 0 Å². The Morgan fingerprint density at radius 1 is 1.17 bits per heavy atom. The molecule has 24 heavy (non-hydrogen) atoms. The van der Waals surface area contributed by atoms with Gasteiger partial charge in [0, 0.05) is 10.0 Å². The van der Waals surface area contributed by atoms with Crippen LogP contribution in [0.4, 0.5) is 0 Å². The number of phenols is 2. The fourth-order valence-electron chi connectivity index (χ4n) is 3.13. The van der Waals surface area contributed by atoms with Crippen molar-refractivity contribution in [1.29, 1.82) is 0 Å². The number of ketones is 1. The Morgan fingerprint density at radius 2 is 1.96 bits per heavy atom. The van der Waals surface area contributed by atoms with E-state index in [1.54, 1.807) is 30.3 Å². The molecule has 0 spiro atoms. The molecule has 2 aromatic carbocycles. The highest BCUT2D eigenvalue weighted by atomic mass is 79.9. The summed E-state index contributed by atoms with van der Waals surface area (Å²) >= 11 is 8.73. The minimum atomic E-state index is -0.533.